The van der Waals surface area contributed by atoms with E-state index < -0.39 is 0 Å². The van der Waals surface area contributed by atoms with E-state index in [9.17, 15) is 9.90 Å². The fourth-order valence-corrected chi connectivity index (χ4v) is 1.79. The van der Waals surface area contributed by atoms with Gasteiger partial charge in [0.25, 0.3) is 0 Å². The lowest BCUT2D eigenvalue weighted by Crippen LogP contribution is -2.20. The van der Waals surface area contributed by atoms with Gasteiger partial charge in [0.1, 0.15) is 0 Å². The van der Waals surface area contributed by atoms with Crippen LogP contribution >= 0.6 is 0 Å². The molecular formula is C12H14N2O2. The number of hydrogen-bond donors (Lipinski definition) is 1. The summed E-state index contributed by atoms with van der Waals surface area (Å²) >= 11 is 0. The highest BCUT2D eigenvalue weighted by molar-refractivity contribution is 5.40. The molecule has 0 bridgehead atoms. The smallest absolute Gasteiger partial charge is 0.335 e. The highest BCUT2D eigenvalue weighted by Gasteiger charge is 2.08. The Labute approximate surface area is 93.4 Å². The summed E-state index contributed by atoms with van der Waals surface area (Å²) in [4.78, 5) is 11.8. The van der Waals surface area contributed by atoms with Crippen LogP contribution in [0.3, 0.4) is 0 Å². The van der Waals surface area contributed by atoms with Gasteiger partial charge < -0.3 is 5.11 Å². The Morgan fingerprint density at radius 2 is 1.69 bits per heavy atom. The van der Waals surface area contributed by atoms with Gasteiger partial charge in [-0.2, -0.15) is 0 Å². The Morgan fingerprint density at radius 1 is 1.12 bits per heavy atom. The summed E-state index contributed by atoms with van der Waals surface area (Å²) in [7, 11) is 1.54. The molecule has 16 heavy (non-hydrogen) atoms. The van der Waals surface area contributed by atoms with Crippen LogP contribution in [0.5, 0.6) is 5.88 Å². The minimum absolute atomic E-state index is 0.0378. The zero-order chi connectivity index (χ0) is 11.9. The van der Waals surface area contributed by atoms with E-state index in [-0.39, 0.29) is 11.6 Å². The second-order valence-electron chi connectivity index (χ2n) is 4.04. The van der Waals surface area contributed by atoms with Gasteiger partial charge in [-0.05, 0) is 37.1 Å². The average Bonchev–Trinajstić information content (AvgIpc) is 2.44. The lowest BCUT2D eigenvalue weighted by Gasteiger charge is -2.04. The molecule has 0 aliphatic heterocycles. The van der Waals surface area contributed by atoms with Gasteiger partial charge in [0.15, 0.2) is 0 Å². The summed E-state index contributed by atoms with van der Waals surface area (Å²) < 4.78 is 2.65. The van der Waals surface area contributed by atoms with E-state index >= 15 is 0 Å². The molecule has 2 aromatic rings. The minimum Gasteiger partial charge on any atom is -0.493 e. The van der Waals surface area contributed by atoms with Crippen LogP contribution in [0.4, 0.5) is 0 Å². The van der Waals surface area contributed by atoms with Gasteiger partial charge in [-0.1, -0.05) is 6.07 Å². The van der Waals surface area contributed by atoms with Gasteiger partial charge in [-0.3, -0.25) is 9.13 Å². The topological polar surface area (TPSA) is 47.2 Å². The van der Waals surface area contributed by atoms with E-state index in [1.54, 1.807) is 0 Å². The third-order valence-electron chi connectivity index (χ3n) is 2.57. The molecule has 2 rings (SSSR count). The number of benzene rings is 1. The SMILES string of the molecule is Cc1cc(C)cc(-n2cc(O)n(C)c2=O)c1. The summed E-state index contributed by atoms with van der Waals surface area (Å²) in [5.74, 6) is -0.0378. The molecular weight excluding hydrogens is 204 g/mol. The average molecular weight is 218 g/mol. The van der Waals surface area contributed by atoms with E-state index in [0.29, 0.717) is 0 Å². The molecule has 0 atom stereocenters. The highest BCUT2D eigenvalue weighted by Crippen LogP contribution is 2.14. The summed E-state index contributed by atoms with van der Waals surface area (Å²) in [5.41, 5.74) is 2.70. The van der Waals surface area contributed by atoms with Crippen molar-refractivity contribution < 1.29 is 5.11 Å². The van der Waals surface area contributed by atoms with Crippen molar-refractivity contribution in [2.75, 3.05) is 0 Å². The molecule has 0 unspecified atom stereocenters. The third-order valence-corrected chi connectivity index (χ3v) is 2.57. The number of rotatable bonds is 1. The van der Waals surface area contributed by atoms with Gasteiger partial charge >= 0.3 is 5.69 Å². The molecule has 1 heterocycles. The molecule has 1 aromatic heterocycles. The predicted molar refractivity (Wildman–Crippen MR) is 62.1 cm³/mol. The van der Waals surface area contributed by atoms with Crippen molar-refractivity contribution in [3.63, 3.8) is 0 Å². The summed E-state index contributed by atoms with van der Waals surface area (Å²) in [6.45, 7) is 3.95. The molecule has 0 spiro atoms. The van der Waals surface area contributed by atoms with Crippen LogP contribution in [0, 0.1) is 13.8 Å². The Balaban J connectivity index is 2.67. The Bertz CT molecular complexity index is 573. The van der Waals surface area contributed by atoms with Crippen LogP contribution in [0.25, 0.3) is 5.69 Å². The van der Waals surface area contributed by atoms with E-state index in [0.717, 1.165) is 16.8 Å². The first kappa shape index (κ1) is 10.5. The molecule has 0 aliphatic rings. The van der Waals surface area contributed by atoms with Crippen molar-refractivity contribution in [2.24, 2.45) is 7.05 Å². The van der Waals surface area contributed by atoms with E-state index in [1.165, 1.54) is 22.4 Å². The fraction of sp³-hybridized carbons (Fsp3) is 0.250. The number of imidazole rings is 1. The molecule has 0 saturated carbocycles. The van der Waals surface area contributed by atoms with Gasteiger partial charge in [0.05, 0.1) is 11.9 Å². The molecule has 84 valence electrons. The largest absolute Gasteiger partial charge is 0.493 e. The number of hydrogen-bond acceptors (Lipinski definition) is 2. The van der Waals surface area contributed by atoms with Crippen LogP contribution in [0.1, 0.15) is 11.1 Å². The Kier molecular flexibility index (Phi) is 2.34. The summed E-state index contributed by atoms with van der Waals surface area (Å²) in [6.07, 6.45) is 1.43. The lowest BCUT2D eigenvalue weighted by molar-refractivity contribution is 0.429. The van der Waals surface area contributed by atoms with E-state index in [4.69, 9.17) is 0 Å². The first-order valence-electron chi connectivity index (χ1n) is 5.05. The van der Waals surface area contributed by atoms with Crippen LogP contribution in [0.15, 0.2) is 29.2 Å². The van der Waals surface area contributed by atoms with Crippen LogP contribution in [-0.2, 0) is 7.05 Å². The van der Waals surface area contributed by atoms with Crippen molar-refractivity contribution in [1.29, 1.82) is 0 Å². The van der Waals surface area contributed by atoms with E-state index in [2.05, 4.69) is 0 Å². The van der Waals surface area contributed by atoms with Gasteiger partial charge in [-0.25, -0.2) is 4.79 Å². The molecule has 4 nitrogen and oxygen atoms in total. The lowest BCUT2D eigenvalue weighted by atomic mass is 10.1. The van der Waals surface area contributed by atoms with Crippen molar-refractivity contribution in [3.05, 3.63) is 46.0 Å². The normalized spacial score (nSPS) is 10.7. The zero-order valence-corrected chi connectivity index (χ0v) is 9.56. The minimum atomic E-state index is -0.248. The maximum Gasteiger partial charge on any atom is 0.335 e. The van der Waals surface area contributed by atoms with Gasteiger partial charge in [0.2, 0.25) is 5.88 Å². The van der Waals surface area contributed by atoms with Crippen molar-refractivity contribution >= 4 is 0 Å². The summed E-state index contributed by atoms with van der Waals surface area (Å²) in [5, 5.41) is 9.46. The third kappa shape index (κ3) is 1.62. The molecule has 4 heteroatoms. The number of nitrogens with zero attached hydrogens (tertiary/aromatic N) is 2. The molecule has 0 aliphatic carbocycles. The standard InChI is InChI=1S/C12H14N2O2/c1-8-4-9(2)6-10(5-8)14-7-11(15)13(3)12(14)16/h4-7,15H,1-3H3. The van der Waals surface area contributed by atoms with Crippen LogP contribution in [-0.4, -0.2) is 14.2 Å². The van der Waals surface area contributed by atoms with E-state index in [1.807, 2.05) is 32.0 Å². The zero-order valence-electron chi connectivity index (χ0n) is 9.56. The monoisotopic (exact) mass is 218 g/mol. The summed E-state index contributed by atoms with van der Waals surface area (Å²) in [6, 6.07) is 5.86. The molecule has 0 amide bonds. The Morgan fingerprint density at radius 3 is 2.12 bits per heavy atom. The fourth-order valence-electron chi connectivity index (χ4n) is 1.79. The number of aryl methyl sites for hydroxylation is 2. The van der Waals surface area contributed by atoms with Crippen LogP contribution in [0.2, 0.25) is 0 Å². The molecule has 0 fully saturated rings. The highest BCUT2D eigenvalue weighted by atomic mass is 16.3. The molecule has 1 N–H and O–H groups in total. The predicted octanol–water partition coefficient (Wildman–Crippen LogP) is 1.50. The molecule has 0 radical (unpaired) electrons. The first-order chi connectivity index (χ1) is 7.49. The number of aromatic nitrogens is 2. The Hall–Kier alpha value is -1.97. The quantitative estimate of drug-likeness (QED) is 0.788. The second-order valence-corrected chi connectivity index (χ2v) is 4.04. The molecule has 0 saturated heterocycles. The number of aromatic hydroxyl groups is 1. The molecule has 1 aromatic carbocycles. The second kappa shape index (κ2) is 3.56. The van der Waals surface area contributed by atoms with Crippen molar-refractivity contribution in [3.8, 4) is 11.6 Å². The van der Waals surface area contributed by atoms with Gasteiger partial charge in [-0.15, -0.1) is 0 Å². The van der Waals surface area contributed by atoms with Gasteiger partial charge in [0, 0.05) is 7.05 Å². The maximum absolute atomic E-state index is 11.8. The van der Waals surface area contributed by atoms with Crippen LogP contribution < -0.4 is 5.69 Å². The maximum atomic E-state index is 11.8. The van der Waals surface area contributed by atoms with Crippen molar-refractivity contribution in [2.45, 2.75) is 13.8 Å². The first-order valence-corrected chi connectivity index (χ1v) is 5.05. The van der Waals surface area contributed by atoms with Crippen molar-refractivity contribution in [1.82, 2.24) is 9.13 Å².